The van der Waals surface area contributed by atoms with E-state index < -0.39 is 6.61 Å². The van der Waals surface area contributed by atoms with Crippen LogP contribution in [0, 0.1) is 11.8 Å². The molecule has 1 N–H and O–H groups in total. The zero-order chi connectivity index (χ0) is 14.7. The summed E-state index contributed by atoms with van der Waals surface area (Å²) in [5.41, 5.74) is 1.10. The Morgan fingerprint density at radius 2 is 1.80 bits per heavy atom. The predicted octanol–water partition coefficient (Wildman–Crippen LogP) is 4.37. The van der Waals surface area contributed by atoms with Gasteiger partial charge in [-0.2, -0.15) is 8.78 Å². The van der Waals surface area contributed by atoms with Gasteiger partial charge in [0.15, 0.2) is 0 Å². The van der Waals surface area contributed by atoms with E-state index in [0.717, 1.165) is 11.5 Å². The number of nitrogens with one attached hydrogen (secondary N) is 1. The molecule has 0 spiro atoms. The molecule has 1 aliphatic carbocycles. The molecular weight excluding hydrogens is 260 g/mol. The molecule has 112 valence electrons. The predicted molar refractivity (Wildman–Crippen MR) is 76.0 cm³/mol. The Labute approximate surface area is 119 Å². The third-order valence-electron chi connectivity index (χ3n) is 4.53. The van der Waals surface area contributed by atoms with E-state index in [9.17, 15) is 8.78 Å². The summed E-state index contributed by atoms with van der Waals surface area (Å²) in [7, 11) is 0. The van der Waals surface area contributed by atoms with Gasteiger partial charge in [-0.25, -0.2) is 0 Å². The van der Waals surface area contributed by atoms with Crippen molar-refractivity contribution in [2.75, 3.05) is 0 Å². The van der Waals surface area contributed by atoms with Crippen LogP contribution in [0.4, 0.5) is 8.78 Å². The lowest BCUT2D eigenvalue weighted by Crippen LogP contribution is -2.34. The van der Waals surface area contributed by atoms with E-state index in [1.807, 2.05) is 12.1 Å². The zero-order valence-electron chi connectivity index (χ0n) is 12.3. The summed E-state index contributed by atoms with van der Waals surface area (Å²) in [5.74, 6) is 1.65. The highest BCUT2D eigenvalue weighted by Gasteiger charge is 2.30. The van der Waals surface area contributed by atoms with Crippen molar-refractivity contribution < 1.29 is 13.5 Å². The highest BCUT2D eigenvalue weighted by Crippen LogP contribution is 2.32. The molecule has 0 aliphatic heterocycles. The lowest BCUT2D eigenvalue weighted by Gasteiger charge is -2.24. The minimum absolute atomic E-state index is 0.207. The van der Waals surface area contributed by atoms with Crippen LogP contribution in [-0.4, -0.2) is 12.7 Å². The van der Waals surface area contributed by atoms with Gasteiger partial charge in [-0.3, -0.25) is 0 Å². The summed E-state index contributed by atoms with van der Waals surface area (Å²) in [6.07, 6.45) is 2.48. The second kappa shape index (κ2) is 6.53. The first-order valence-electron chi connectivity index (χ1n) is 7.28. The molecule has 0 heterocycles. The molecule has 0 aromatic heterocycles. The van der Waals surface area contributed by atoms with Crippen LogP contribution in [0.25, 0.3) is 0 Å². The van der Waals surface area contributed by atoms with E-state index in [4.69, 9.17) is 0 Å². The molecular formula is C16H23F2NO. The van der Waals surface area contributed by atoms with Gasteiger partial charge in [-0.1, -0.05) is 26.0 Å². The van der Waals surface area contributed by atoms with Crippen molar-refractivity contribution in [3.8, 4) is 5.75 Å². The van der Waals surface area contributed by atoms with Crippen LogP contribution in [0.2, 0.25) is 0 Å². The number of hydrogen-bond acceptors (Lipinski definition) is 2. The largest absolute Gasteiger partial charge is 0.435 e. The van der Waals surface area contributed by atoms with Crippen LogP contribution in [0.1, 0.15) is 45.2 Å². The van der Waals surface area contributed by atoms with E-state index in [2.05, 4.69) is 30.8 Å². The quantitative estimate of drug-likeness (QED) is 0.866. The molecule has 1 aliphatic rings. The number of rotatable bonds is 5. The lowest BCUT2D eigenvalue weighted by molar-refractivity contribution is -0.0498. The van der Waals surface area contributed by atoms with Gasteiger partial charge in [0.05, 0.1) is 0 Å². The van der Waals surface area contributed by atoms with Gasteiger partial charge in [0.1, 0.15) is 5.75 Å². The summed E-state index contributed by atoms with van der Waals surface area (Å²) in [6.45, 7) is 3.94. The molecule has 0 amide bonds. The van der Waals surface area contributed by atoms with E-state index in [-0.39, 0.29) is 11.8 Å². The summed E-state index contributed by atoms with van der Waals surface area (Å²) >= 11 is 0. The third kappa shape index (κ3) is 3.69. The standard InChI is InChI=1S/C16H23F2NO/c1-10-4-9-15(11(10)2)19-12(3)13-5-7-14(8-6-13)20-16(17)18/h5-8,10-12,15-16,19H,4,9H2,1-3H3. The van der Waals surface area contributed by atoms with Crippen molar-refractivity contribution in [2.45, 2.75) is 52.3 Å². The minimum Gasteiger partial charge on any atom is -0.435 e. The monoisotopic (exact) mass is 283 g/mol. The van der Waals surface area contributed by atoms with Crippen molar-refractivity contribution in [2.24, 2.45) is 11.8 Å². The molecule has 4 atom stereocenters. The molecule has 1 aromatic rings. The highest BCUT2D eigenvalue weighted by atomic mass is 19.3. The molecule has 4 heteroatoms. The molecule has 0 radical (unpaired) electrons. The van der Waals surface area contributed by atoms with Crippen LogP contribution in [-0.2, 0) is 0 Å². The lowest BCUT2D eigenvalue weighted by atomic mass is 9.96. The van der Waals surface area contributed by atoms with Gasteiger partial charge in [0, 0.05) is 12.1 Å². The maximum absolute atomic E-state index is 12.1. The second-order valence-corrected chi connectivity index (χ2v) is 5.86. The fraction of sp³-hybridized carbons (Fsp3) is 0.625. The van der Waals surface area contributed by atoms with Crippen molar-refractivity contribution in [1.29, 1.82) is 0 Å². The normalized spacial score (nSPS) is 27.8. The van der Waals surface area contributed by atoms with E-state index in [1.165, 1.54) is 12.8 Å². The topological polar surface area (TPSA) is 21.3 Å². The fourth-order valence-corrected chi connectivity index (χ4v) is 2.96. The van der Waals surface area contributed by atoms with Crippen LogP contribution >= 0.6 is 0 Å². The Balaban J connectivity index is 1.94. The van der Waals surface area contributed by atoms with Crippen LogP contribution in [0.15, 0.2) is 24.3 Å². The number of halogens is 2. The van der Waals surface area contributed by atoms with E-state index in [1.54, 1.807) is 12.1 Å². The minimum atomic E-state index is -2.77. The van der Waals surface area contributed by atoms with Crippen molar-refractivity contribution in [1.82, 2.24) is 5.32 Å². The molecule has 1 aromatic carbocycles. The smallest absolute Gasteiger partial charge is 0.387 e. The average Bonchev–Trinajstić information content (AvgIpc) is 2.71. The molecule has 1 saturated carbocycles. The second-order valence-electron chi connectivity index (χ2n) is 5.86. The number of ether oxygens (including phenoxy) is 1. The Morgan fingerprint density at radius 3 is 2.30 bits per heavy atom. The maximum atomic E-state index is 12.1. The van der Waals surface area contributed by atoms with Crippen molar-refractivity contribution in [3.05, 3.63) is 29.8 Å². The maximum Gasteiger partial charge on any atom is 0.387 e. The Morgan fingerprint density at radius 1 is 1.15 bits per heavy atom. The van der Waals surface area contributed by atoms with Gasteiger partial charge >= 0.3 is 6.61 Å². The van der Waals surface area contributed by atoms with Crippen LogP contribution in [0.5, 0.6) is 5.75 Å². The molecule has 0 saturated heterocycles. The SMILES string of the molecule is CC(NC1CCC(C)C1C)c1ccc(OC(F)F)cc1. The molecule has 1 fully saturated rings. The third-order valence-corrected chi connectivity index (χ3v) is 4.53. The first-order valence-corrected chi connectivity index (χ1v) is 7.28. The molecule has 2 rings (SSSR count). The number of alkyl halides is 2. The summed E-state index contributed by atoms with van der Waals surface area (Å²) in [5, 5.41) is 3.65. The Bertz CT molecular complexity index is 421. The van der Waals surface area contributed by atoms with Crippen LogP contribution in [0.3, 0.4) is 0 Å². The first kappa shape index (κ1) is 15.2. The Hall–Kier alpha value is -1.16. The Kier molecular flexibility index (Phi) is 4.97. The first-order chi connectivity index (χ1) is 9.47. The van der Waals surface area contributed by atoms with E-state index in [0.29, 0.717) is 12.0 Å². The number of hydrogen-bond donors (Lipinski definition) is 1. The van der Waals surface area contributed by atoms with Gasteiger partial charge < -0.3 is 10.1 Å². The fourth-order valence-electron chi connectivity index (χ4n) is 2.96. The summed E-state index contributed by atoms with van der Waals surface area (Å²) in [6, 6.07) is 7.64. The molecule has 20 heavy (non-hydrogen) atoms. The average molecular weight is 283 g/mol. The number of benzene rings is 1. The van der Waals surface area contributed by atoms with Gasteiger partial charge in [-0.05, 0) is 49.3 Å². The van der Waals surface area contributed by atoms with E-state index >= 15 is 0 Å². The summed E-state index contributed by atoms with van der Waals surface area (Å²) in [4.78, 5) is 0. The zero-order valence-corrected chi connectivity index (χ0v) is 12.3. The molecule has 4 unspecified atom stereocenters. The highest BCUT2D eigenvalue weighted by molar-refractivity contribution is 5.29. The molecule has 0 bridgehead atoms. The summed E-state index contributed by atoms with van der Waals surface area (Å²) < 4.78 is 28.6. The van der Waals surface area contributed by atoms with Crippen LogP contribution < -0.4 is 10.1 Å². The van der Waals surface area contributed by atoms with Gasteiger partial charge in [0.25, 0.3) is 0 Å². The van der Waals surface area contributed by atoms with Gasteiger partial charge in [-0.15, -0.1) is 0 Å². The molecule has 2 nitrogen and oxygen atoms in total. The van der Waals surface area contributed by atoms with Gasteiger partial charge in [0.2, 0.25) is 0 Å². The van der Waals surface area contributed by atoms with Crippen molar-refractivity contribution >= 4 is 0 Å². The van der Waals surface area contributed by atoms with Crippen molar-refractivity contribution in [3.63, 3.8) is 0 Å².